The highest BCUT2D eigenvalue weighted by Crippen LogP contribution is 2.40. The van der Waals surface area contributed by atoms with Crippen molar-refractivity contribution in [3.63, 3.8) is 0 Å². The van der Waals surface area contributed by atoms with Crippen molar-refractivity contribution in [1.29, 1.82) is 0 Å². The number of aliphatic imine (C=N–C) groups is 1. The van der Waals surface area contributed by atoms with Gasteiger partial charge in [0.25, 0.3) is 0 Å². The van der Waals surface area contributed by atoms with Gasteiger partial charge in [-0.2, -0.15) is 0 Å². The molecule has 0 N–H and O–H groups in total. The summed E-state index contributed by atoms with van der Waals surface area (Å²) in [5.41, 5.74) is 4.67. The van der Waals surface area contributed by atoms with Gasteiger partial charge in [-0.05, 0) is 36.1 Å². The Labute approximate surface area is 118 Å². The van der Waals surface area contributed by atoms with E-state index in [1.165, 1.54) is 27.7 Å². The SMILES string of the molecule is Cc1ccccc1N1C=Nc2cccc3cccc1c23. The maximum Gasteiger partial charge on any atom is 0.100 e. The van der Waals surface area contributed by atoms with Crippen molar-refractivity contribution in [3.8, 4) is 0 Å². The first kappa shape index (κ1) is 11.2. The number of benzene rings is 3. The van der Waals surface area contributed by atoms with Gasteiger partial charge in [0.05, 0.1) is 11.4 Å². The van der Waals surface area contributed by atoms with Crippen molar-refractivity contribution in [1.82, 2.24) is 0 Å². The molecule has 1 aliphatic heterocycles. The number of aryl methyl sites for hydroxylation is 1. The predicted molar refractivity (Wildman–Crippen MR) is 85.4 cm³/mol. The molecule has 96 valence electrons. The molecular weight excluding hydrogens is 244 g/mol. The van der Waals surface area contributed by atoms with Gasteiger partial charge in [-0.15, -0.1) is 0 Å². The quantitative estimate of drug-likeness (QED) is 0.602. The highest BCUT2D eigenvalue weighted by Gasteiger charge is 2.17. The summed E-state index contributed by atoms with van der Waals surface area (Å²) in [6.07, 6.45) is 1.92. The van der Waals surface area contributed by atoms with Crippen LogP contribution >= 0.6 is 0 Å². The molecule has 20 heavy (non-hydrogen) atoms. The molecule has 0 aliphatic carbocycles. The molecule has 0 spiro atoms. The van der Waals surface area contributed by atoms with E-state index in [2.05, 4.69) is 77.5 Å². The van der Waals surface area contributed by atoms with Gasteiger partial charge in [0.15, 0.2) is 0 Å². The lowest BCUT2D eigenvalue weighted by atomic mass is 10.0. The van der Waals surface area contributed by atoms with E-state index in [0.717, 1.165) is 5.69 Å². The summed E-state index contributed by atoms with van der Waals surface area (Å²) in [4.78, 5) is 6.78. The molecule has 2 nitrogen and oxygen atoms in total. The fourth-order valence-electron chi connectivity index (χ4n) is 2.82. The van der Waals surface area contributed by atoms with Crippen molar-refractivity contribution >= 4 is 34.2 Å². The minimum Gasteiger partial charge on any atom is -0.300 e. The second-order valence-electron chi connectivity index (χ2n) is 5.05. The van der Waals surface area contributed by atoms with Gasteiger partial charge in [0.1, 0.15) is 6.34 Å². The average Bonchev–Trinajstić information content (AvgIpc) is 2.49. The molecule has 1 heterocycles. The van der Waals surface area contributed by atoms with Crippen molar-refractivity contribution in [2.75, 3.05) is 4.90 Å². The summed E-state index contributed by atoms with van der Waals surface area (Å²) in [5, 5.41) is 2.45. The van der Waals surface area contributed by atoms with Gasteiger partial charge in [-0.1, -0.05) is 42.5 Å². The Morgan fingerprint density at radius 1 is 0.800 bits per heavy atom. The first-order chi connectivity index (χ1) is 9.84. The van der Waals surface area contributed by atoms with Crippen LogP contribution in [0.25, 0.3) is 10.8 Å². The minimum absolute atomic E-state index is 1.04. The summed E-state index contributed by atoms with van der Waals surface area (Å²) >= 11 is 0. The minimum atomic E-state index is 1.04. The Kier molecular flexibility index (Phi) is 2.36. The summed E-state index contributed by atoms with van der Waals surface area (Å²) in [5.74, 6) is 0. The number of hydrogen-bond acceptors (Lipinski definition) is 2. The molecule has 0 atom stereocenters. The van der Waals surface area contributed by atoms with Crippen LogP contribution in [0.5, 0.6) is 0 Å². The van der Waals surface area contributed by atoms with Crippen LogP contribution in [0.1, 0.15) is 5.56 Å². The van der Waals surface area contributed by atoms with Gasteiger partial charge in [-0.25, -0.2) is 4.99 Å². The summed E-state index contributed by atoms with van der Waals surface area (Å²) in [6.45, 7) is 2.13. The molecule has 4 rings (SSSR count). The Morgan fingerprint density at radius 2 is 1.55 bits per heavy atom. The lowest BCUT2D eigenvalue weighted by Crippen LogP contribution is -2.17. The lowest BCUT2D eigenvalue weighted by molar-refractivity contribution is 1.31. The number of nitrogens with zero attached hydrogens (tertiary/aromatic N) is 2. The molecule has 3 aromatic carbocycles. The summed E-state index contributed by atoms with van der Waals surface area (Å²) in [7, 11) is 0. The van der Waals surface area contributed by atoms with Crippen LogP contribution in [-0.2, 0) is 0 Å². The Balaban J connectivity index is 2.01. The molecule has 0 saturated carbocycles. The zero-order valence-electron chi connectivity index (χ0n) is 11.2. The van der Waals surface area contributed by atoms with E-state index in [4.69, 9.17) is 0 Å². The molecule has 0 aromatic heterocycles. The monoisotopic (exact) mass is 258 g/mol. The molecule has 3 aromatic rings. The largest absolute Gasteiger partial charge is 0.300 e. The Hall–Kier alpha value is -2.61. The second kappa shape index (κ2) is 4.20. The normalized spacial score (nSPS) is 12.9. The highest BCUT2D eigenvalue weighted by atomic mass is 15.2. The van der Waals surface area contributed by atoms with Crippen LogP contribution in [0.4, 0.5) is 17.1 Å². The topological polar surface area (TPSA) is 15.6 Å². The number of anilines is 2. The predicted octanol–water partition coefficient (Wildman–Crippen LogP) is 4.96. The van der Waals surface area contributed by atoms with Crippen LogP contribution in [0, 0.1) is 6.92 Å². The third-order valence-corrected chi connectivity index (χ3v) is 3.81. The maximum atomic E-state index is 4.61. The zero-order valence-corrected chi connectivity index (χ0v) is 11.2. The van der Waals surface area contributed by atoms with E-state index in [0.29, 0.717) is 0 Å². The van der Waals surface area contributed by atoms with Crippen molar-refractivity contribution in [2.24, 2.45) is 4.99 Å². The summed E-state index contributed by atoms with van der Waals surface area (Å²) < 4.78 is 0. The van der Waals surface area contributed by atoms with Crippen LogP contribution < -0.4 is 4.90 Å². The number of rotatable bonds is 1. The molecule has 0 saturated heterocycles. The summed E-state index contributed by atoms with van der Waals surface area (Å²) in [6, 6.07) is 21.1. The van der Waals surface area contributed by atoms with Crippen LogP contribution in [0.15, 0.2) is 65.7 Å². The van der Waals surface area contributed by atoms with Gasteiger partial charge < -0.3 is 4.90 Å². The molecule has 0 fully saturated rings. The van der Waals surface area contributed by atoms with Crippen molar-refractivity contribution in [3.05, 3.63) is 66.2 Å². The molecular formula is C18H14N2. The zero-order chi connectivity index (χ0) is 13.5. The Bertz CT molecular complexity index is 828. The van der Waals surface area contributed by atoms with Gasteiger partial charge in [-0.3, -0.25) is 0 Å². The number of hydrogen-bond donors (Lipinski definition) is 0. The smallest absolute Gasteiger partial charge is 0.100 e. The fourth-order valence-corrected chi connectivity index (χ4v) is 2.82. The van der Waals surface area contributed by atoms with E-state index < -0.39 is 0 Å². The average molecular weight is 258 g/mol. The van der Waals surface area contributed by atoms with Gasteiger partial charge in [0.2, 0.25) is 0 Å². The molecule has 0 bridgehead atoms. The molecule has 1 aliphatic rings. The van der Waals surface area contributed by atoms with Crippen LogP contribution in [0.3, 0.4) is 0 Å². The van der Waals surface area contributed by atoms with Crippen LogP contribution in [0.2, 0.25) is 0 Å². The van der Waals surface area contributed by atoms with Crippen LogP contribution in [-0.4, -0.2) is 6.34 Å². The fraction of sp³-hybridized carbons (Fsp3) is 0.0556. The van der Waals surface area contributed by atoms with Gasteiger partial charge >= 0.3 is 0 Å². The molecule has 0 radical (unpaired) electrons. The van der Waals surface area contributed by atoms with Crippen molar-refractivity contribution in [2.45, 2.75) is 6.92 Å². The van der Waals surface area contributed by atoms with E-state index in [1.54, 1.807) is 0 Å². The second-order valence-corrected chi connectivity index (χ2v) is 5.05. The van der Waals surface area contributed by atoms with E-state index >= 15 is 0 Å². The number of para-hydroxylation sites is 1. The maximum absolute atomic E-state index is 4.61. The first-order valence-corrected chi connectivity index (χ1v) is 6.75. The van der Waals surface area contributed by atoms with E-state index in [1.807, 2.05) is 6.34 Å². The molecule has 2 heteroatoms. The van der Waals surface area contributed by atoms with Gasteiger partial charge in [0, 0.05) is 11.1 Å². The third kappa shape index (κ3) is 1.55. The lowest BCUT2D eigenvalue weighted by Gasteiger charge is -2.26. The van der Waals surface area contributed by atoms with E-state index in [-0.39, 0.29) is 0 Å². The Morgan fingerprint density at radius 3 is 2.40 bits per heavy atom. The molecule has 0 unspecified atom stereocenters. The van der Waals surface area contributed by atoms with E-state index in [9.17, 15) is 0 Å². The molecule has 0 amide bonds. The first-order valence-electron chi connectivity index (χ1n) is 6.75. The third-order valence-electron chi connectivity index (χ3n) is 3.81. The highest BCUT2D eigenvalue weighted by molar-refractivity contribution is 6.12. The van der Waals surface area contributed by atoms with Crippen molar-refractivity contribution < 1.29 is 0 Å². The standard InChI is InChI=1S/C18H14N2/c1-13-6-2-3-10-16(13)20-12-19-15-9-4-7-14-8-5-11-17(20)18(14)15/h2-12H,1H3.